The predicted molar refractivity (Wildman–Crippen MR) is 113 cm³/mol. The van der Waals surface area contributed by atoms with Crippen molar-refractivity contribution in [1.82, 2.24) is 25.0 Å². The van der Waals surface area contributed by atoms with Crippen LogP contribution in [0.5, 0.6) is 0 Å². The third-order valence-electron chi connectivity index (χ3n) is 5.74. The number of amides is 2. The first kappa shape index (κ1) is 19.8. The minimum absolute atomic E-state index is 0.0679. The molecule has 0 saturated carbocycles. The Morgan fingerprint density at radius 1 is 1.10 bits per heavy atom. The Balaban J connectivity index is 1.65. The van der Waals surface area contributed by atoms with Gasteiger partial charge in [0.05, 0.1) is 12.2 Å². The third-order valence-corrected chi connectivity index (χ3v) is 5.74. The Morgan fingerprint density at radius 2 is 1.93 bits per heavy atom. The van der Waals surface area contributed by atoms with Gasteiger partial charge in [-0.05, 0) is 42.7 Å². The first-order chi connectivity index (χ1) is 14.6. The Labute approximate surface area is 175 Å². The summed E-state index contributed by atoms with van der Waals surface area (Å²) in [6, 6.07) is 15.0. The van der Waals surface area contributed by atoms with E-state index in [4.69, 9.17) is 0 Å². The van der Waals surface area contributed by atoms with Gasteiger partial charge in [0.2, 0.25) is 5.91 Å². The molecule has 1 fully saturated rings. The number of benzene rings is 1. The van der Waals surface area contributed by atoms with Crippen LogP contribution in [0.1, 0.15) is 34.5 Å². The molecule has 1 aromatic carbocycles. The molecule has 154 valence electrons. The van der Waals surface area contributed by atoms with Gasteiger partial charge in [0.15, 0.2) is 0 Å². The molecule has 3 heterocycles. The zero-order chi connectivity index (χ0) is 21.0. The fourth-order valence-electron chi connectivity index (χ4n) is 4.23. The van der Waals surface area contributed by atoms with Crippen LogP contribution in [0.2, 0.25) is 0 Å². The summed E-state index contributed by atoms with van der Waals surface area (Å²) in [4.78, 5) is 32.7. The van der Waals surface area contributed by atoms with Crippen molar-refractivity contribution >= 4 is 11.8 Å². The van der Waals surface area contributed by atoms with Crippen LogP contribution in [0.25, 0.3) is 0 Å². The molecule has 0 radical (unpaired) electrons. The molecule has 0 aliphatic carbocycles. The molecule has 1 aliphatic rings. The molecule has 7 heteroatoms. The van der Waals surface area contributed by atoms with E-state index in [0.29, 0.717) is 37.3 Å². The zero-order valence-corrected chi connectivity index (χ0v) is 17.0. The number of piperidine rings is 1. The second-order valence-electron chi connectivity index (χ2n) is 7.57. The van der Waals surface area contributed by atoms with Gasteiger partial charge in [-0.25, -0.2) is 0 Å². The molecule has 30 heavy (non-hydrogen) atoms. The summed E-state index contributed by atoms with van der Waals surface area (Å²) in [6.45, 7) is 1.43. The van der Waals surface area contributed by atoms with E-state index < -0.39 is 5.41 Å². The lowest BCUT2D eigenvalue weighted by atomic mass is 9.75. The van der Waals surface area contributed by atoms with Gasteiger partial charge >= 0.3 is 0 Å². The number of carbonyl (C=O) groups is 2. The van der Waals surface area contributed by atoms with E-state index in [1.165, 1.54) is 0 Å². The average Bonchev–Trinajstić information content (AvgIpc) is 3.32. The minimum Gasteiger partial charge on any atom is -0.358 e. The molecule has 1 N–H and O–H groups in total. The molecule has 0 bridgehead atoms. The number of nitrogens with zero attached hydrogens (tertiary/aromatic N) is 4. The Kier molecular flexibility index (Phi) is 5.61. The van der Waals surface area contributed by atoms with Gasteiger partial charge in [-0.15, -0.1) is 0 Å². The maximum Gasteiger partial charge on any atom is 0.254 e. The number of hydrogen-bond donors (Lipinski definition) is 1. The number of nitrogens with one attached hydrogen (secondary N) is 1. The maximum absolute atomic E-state index is 13.5. The fourth-order valence-corrected chi connectivity index (χ4v) is 4.23. The van der Waals surface area contributed by atoms with Gasteiger partial charge in [0, 0.05) is 44.3 Å². The Hall–Kier alpha value is -3.48. The third kappa shape index (κ3) is 3.70. The van der Waals surface area contributed by atoms with Crippen molar-refractivity contribution in [3.63, 3.8) is 0 Å². The molecule has 1 saturated heterocycles. The summed E-state index contributed by atoms with van der Waals surface area (Å²) in [5.74, 6) is -0.176. The van der Waals surface area contributed by atoms with Gasteiger partial charge < -0.3 is 10.2 Å². The van der Waals surface area contributed by atoms with Crippen LogP contribution in [0.4, 0.5) is 0 Å². The average molecular weight is 403 g/mol. The van der Waals surface area contributed by atoms with E-state index >= 15 is 0 Å². The topological polar surface area (TPSA) is 80.1 Å². The summed E-state index contributed by atoms with van der Waals surface area (Å²) in [6.07, 6.45) is 6.68. The van der Waals surface area contributed by atoms with Gasteiger partial charge in [0.25, 0.3) is 5.91 Å². The van der Waals surface area contributed by atoms with E-state index in [9.17, 15) is 9.59 Å². The second-order valence-corrected chi connectivity index (χ2v) is 7.57. The number of rotatable bonds is 5. The van der Waals surface area contributed by atoms with Crippen molar-refractivity contribution in [2.45, 2.75) is 24.8 Å². The number of aromatic nitrogens is 3. The number of pyridine rings is 1. The lowest BCUT2D eigenvalue weighted by Gasteiger charge is -2.41. The second kappa shape index (κ2) is 8.49. The SMILES string of the molecule is CNC(=O)[C@@]1(c2ccccn2)CCCN(C(=O)c2ccccc2Cn2cccn2)C1. The molecule has 1 aliphatic heterocycles. The molecule has 7 nitrogen and oxygen atoms in total. The lowest BCUT2D eigenvalue weighted by molar-refractivity contribution is -0.128. The molecule has 0 unspecified atom stereocenters. The van der Waals surface area contributed by atoms with Crippen LogP contribution in [0, 0.1) is 0 Å². The quantitative estimate of drug-likeness (QED) is 0.709. The number of likely N-dealkylation sites (tertiary alicyclic amines) is 1. The highest BCUT2D eigenvalue weighted by Gasteiger charge is 2.45. The molecular weight excluding hydrogens is 378 g/mol. The van der Waals surface area contributed by atoms with E-state index in [-0.39, 0.29) is 11.8 Å². The van der Waals surface area contributed by atoms with Crippen molar-refractivity contribution in [3.8, 4) is 0 Å². The zero-order valence-electron chi connectivity index (χ0n) is 17.0. The molecular formula is C23H25N5O2. The van der Waals surface area contributed by atoms with Crippen molar-refractivity contribution in [2.24, 2.45) is 0 Å². The summed E-state index contributed by atoms with van der Waals surface area (Å²) in [5, 5.41) is 7.04. The van der Waals surface area contributed by atoms with E-state index in [1.54, 1.807) is 29.0 Å². The highest BCUT2D eigenvalue weighted by molar-refractivity contribution is 5.97. The van der Waals surface area contributed by atoms with Gasteiger partial charge in [-0.3, -0.25) is 19.3 Å². The lowest BCUT2D eigenvalue weighted by Crippen LogP contribution is -2.56. The van der Waals surface area contributed by atoms with Crippen LogP contribution in [-0.4, -0.2) is 51.6 Å². The van der Waals surface area contributed by atoms with Gasteiger partial charge in [-0.1, -0.05) is 24.3 Å². The number of carbonyl (C=O) groups excluding carboxylic acids is 2. The van der Waals surface area contributed by atoms with Crippen LogP contribution in [-0.2, 0) is 16.8 Å². The molecule has 4 rings (SSSR count). The smallest absolute Gasteiger partial charge is 0.254 e. The highest BCUT2D eigenvalue weighted by Crippen LogP contribution is 2.34. The van der Waals surface area contributed by atoms with Crippen LogP contribution < -0.4 is 5.32 Å². The summed E-state index contributed by atoms with van der Waals surface area (Å²) >= 11 is 0. The summed E-state index contributed by atoms with van der Waals surface area (Å²) in [7, 11) is 1.63. The molecule has 2 amide bonds. The Morgan fingerprint density at radius 3 is 2.67 bits per heavy atom. The van der Waals surface area contributed by atoms with Gasteiger partial charge in [0.1, 0.15) is 5.41 Å². The standard InChI is InChI=1S/C23H25N5O2/c1-24-22(30)23(20-10-4-5-12-25-20)11-6-14-27(17-23)21(29)19-9-3-2-8-18(19)16-28-15-7-13-26-28/h2-5,7-10,12-13,15H,6,11,14,16-17H2,1H3,(H,24,30)/t23-/m0/s1. The van der Waals surface area contributed by atoms with Crippen molar-refractivity contribution in [1.29, 1.82) is 0 Å². The number of likely N-dealkylation sites (N-methyl/N-ethyl adjacent to an activating group) is 1. The van der Waals surface area contributed by atoms with Crippen LogP contribution >= 0.6 is 0 Å². The van der Waals surface area contributed by atoms with E-state index in [2.05, 4.69) is 15.4 Å². The molecule has 3 aromatic rings. The predicted octanol–water partition coefficient (Wildman–Crippen LogP) is 2.25. The number of hydrogen-bond acceptors (Lipinski definition) is 4. The van der Waals surface area contributed by atoms with E-state index in [0.717, 1.165) is 12.0 Å². The van der Waals surface area contributed by atoms with Crippen molar-refractivity contribution in [2.75, 3.05) is 20.1 Å². The van der Waals surface area contributed by atoms with Gasteiger partial charge in [-0.2, -0.15) is 5.10 Å². The molecule has 0 spiro atoms. The maximum atomic E-state index is 13.5. The Bertz CT molecular complexity index is 1020. The highest BCUT2D eigenvalue weighted by atomic mass is 16.2. The van der Waals surface area contributed by atoms with Crippen LogP contribution in [0.15, 0.2) is 67.1 Å². The molecule has 2 aromatic heterocycles. The van der Waals surface area contributed by atoms with Crippen molar-refractivity contribution < 1.29 is 9.59 Å². The van der Waals surface area contributed by atoms with E-state index in [1.807, 2.05) is 54.7 Å². The summed E-state index contributed by atoms with van der Waals surface area (Å²) in [5.41, 5.74) is 1.40. The molecule has 1 atom stereocenters. The first-order valence-corrected chi connectivity index (χ1v) is 10.1. The minimum atomic E-state index is -0.846. The summed E-state index contributed by atoms with van der Waals surface area (Å²) < 4.78 is 1.80. The fraction of sp³-hybridized carbons (Fsp3) is 0.304. The first-order valence-electron chi connectivity index (χ1n) is 10.1. The largest absolute Gasteiger partial charge is 0.358 e. The monoisotopic (exact) mass is 403 g/mol. The normalized spacial score (nSPS) is 18.8. The van der Waals surface area contributed by atoms with Crippen LogP contribution in [0.3, 0.4) is 0 Å². The van der Waals surface area contributed by atoms with Crippen molar-refractivity contribution in [3.05, 3.63) is 83.9 Å².